The van der Waals surface area contributed by atoms with Crippen molar-refractivity contribution in [3.63, 3.8) is 0 Å². The standard InChI is InChI=1S/C10H8IO2PS.C2H6/c11-7-3-6(10(12)14)4-8-9(5-7)15-2-1-13-8;1-2/h1-2,4-5H,3,14H2;1-2H3. The molecular weight excluding hydrogens is 366 g/mol. The van der Waals surface area contributed by atoms with Crippen molar-refractivity contribution in [2.45, 2.75) is 20.3 Å². The molecular formula is C12H14IO2PS. The lowest BCUT2D eigenvalue weighted by molar-refractivity contribution is -0.108. The fourth-order valence-corrected chi connectivity index (χ4v) is 3.08. The molecule has 2 rings (SSSR count). The van der Waals surface area contributed by atoms with Gasteiger partial charge in [-0.05, 0) is 38.3 Å². The van der Waals surface area contributed by atoms with Gasteiger partial charge in [0.25, 0.3) is 0 Å². The van der Waals surface area contributed by atoms with Crippen molar-refractivity contribution in [2.24, 2.45) is 0 Å². The molecule has 0 N–H and O–H groups in total. The van der Waals surface area contributed by atoms with Crippen molar-refractivity contribution in [1.82, 2.24) is 0 Å². The Bertz CT molecular complexity index is 436. The zero-order chi connectivity index (χ0) is 12.8. The predicted octanol–water partition coefficient (Wildman–Crippen LogP) is 4.51. The third kappa shape index (κ3) is 4.27. The summed E-state index contributed by atoms with van der Waals surface area (Å²) in [5.41, 5.74) is 0.788. The maximum absolute atomic E-state index is 11.3. The normalized spacial score (nSPS) is 17.9. The van der Waals surface area contributed by atoms with Crippen molar-refractivity contribution in [2.75, 3.05) is 0 Å². The van der Waals surface area contributed by atoms with Crippen LogP contribution in [0, 0.1) is 0 Å². The van der Waals surface area contributed by atoms with Gasteiger partial charge in [0.05, 0.1) is 11.2 Å². The lowest BCUT2D eigenvalue weighted by Crippen LogP contribution is -1.94. The molecule has 2 aliphatic rings. The molecule has 1 atom stereocenters. The number of allylic oxidation sites excluding steroid dienone is 4. The summed E-state index contributed by atoms with van der Waals surface area (Å²) in [6.45, 7) is 4.00. The van der Waals surface area contributed by atoms with E-state index in [1.807, 2.05) is 25.3 Å². The minimum absolute atomic E-state index is 0.0227. The van der Waals surface area contributed by atoms with Crippen molar-refractivity contribution in [3.8, 4) is 0 Å². The molecule has 0 saturated heterocycles. The highest BCUT2D eigenvalue weighted by molar-refractivity contribution is 14.1. The molecule has 0 aromatic rings. The van der Waals surface area contributed by atoms with Gasteiger partial charge in [0, 0.05) is 17.4 Å². The van der Waals surface area contributed by atoms with Gasteiger partial charge in [-0.1, -0.05) is 34.8 Å². The summed E-state index contributed by atoms with van der Waals surface area (Å²) < 4.78 is 6.53. The molecule has 0 saturated carbocycles. The zero-order valence-corrected chi connectivity index (χ0v) is 13.8. The van der Waals surface area contributed by atoms with Crippen LogP contribution in [-0.4, -0.2) is 5.52 Å². The average molecular weight is 380 g/mol. The molecule has 0 aromatic carbocycles. The summed E-state index contributed by atoms with van der Waals surface area (Å²) in [5, 5.41) is 1.89. The molecule has 17 heavy (non-hydrogen) atoms. The van der Waals surface area contributed by atoms with E-state index < -0.39 is 0 Å². The minimum atomic E-state index is 0.0227. The van der Waals surface area contributed by atoms with Crippen LogP contribution in [0.3, 0.4) is 0 Å². The summed E-state index contributed by atoms with van der Waals surface area (Å²) in [4.78, 5) is 12.4. The third-order valence-corrected chi connectivity index (χ3v) is 3.84. The fraction of sp³-hybridized carbons (Fsp3) is 0.250. The molecule has 92 valence electrons. The maximum atomic E-state index is 11.3. The van der Waals surface area contributed by atoms with Crippen LogP contribution in [-0.2, 0) is 9.53 Å². The minimum Gasteiger partial charge on any atom is -0.463 e. The van der Waals surface area contributed by atoms with E-state index in [4.69, 9.17) is 4.74 Å². The van der Waals surface area contributed by atoms with Gasteiger partial charge in [0.15, 0.2) is 5.52 Å². The quantitative estimate of drug-likeness (QED) is 0.495. The number of rotatable bonds is 1. The number of hydrogen-bond acceptors (Lipinski definition) is 3. The van der Waals surface area contributed by atoms with E-state index in [2.05, 4.69) is 37.9 Å². The van der Waals surface area contributed by atoms with Gasteiger partial charge in [-0.15, -0.1) is 0 Å². The number of carbonyl (C=O) groups is 1. The van der Waals surface area contributed by atoms with Gasteiger partial charge >= 0.3 is 0 Å². The Labute approximate surface area is 122 Å². The molecule has 1 heterocycles. The lowest BCUT2D eigenvalue weighted by atomic mass is 10.2. The van der Waals surface area contributed by atoms with E-state index in [9.17, 15) is 4.79 Å². The van der Waals surface area contributed by atoms with Gasteiger partial charge in [-0.3, -0.25) is 4.79 Å². The van der Waals surface area contributed by atoms with Gasteiger partial charge in [-0.25, -0.2) is 0 Å². The second-order valence-electron chi connectivity index (χ2n) is 3.04. The Morgan fingerprint density at radius 2 is 2.18 bits per heavy atom. The molecule has 1 aliphatic heterocycles. The highest BCUT2D eigenvalue weighted by Gasteiger charge is 2.16. The Kier molecular flexibility index (Phi) is 6.52. The first-order valence-electron chi connectivity index (χ1n) is 5.26. The second-order valence-corrected chi connectivity index (χ2v) is 5.90. The van der Waals surface area contributed by atoms with E-state index in [1.165, 1.54) is 0 Å². The first-order valence-corrected chi connectivity index (χ1v) is 7.79. The van der Waals surface area contributed by atoms with Crippen molar-refractivity contribution >= 4 is 49.1 Å². The van der Waals surface area contributed by atoms with Gasteiger partial charge in [0.2, 0.25) is 0 Å². The number of halogens is 1. The molecule has 0 spiro atoms. The molecule has 1 unspecified atom stereocenters. The molecule has 2 nitrogen and oxygen atoms in total. The van der Waals surface area contributed by atoms with Crippen LogP contribution in [0.4, 0.5) is 0 Å². The largest absolute Gasteiger partial charge is 0.463 e. The molecule has 1 aliphatic carbocycles. The summed E-state index contributed by atoms with van der Waals surface area (Å²) in [5.74, 6) is 0.764. The zero-order valence-electron chi connectivity index (χ0n) is 9.70. The molecule has 5 heteroatoms. The fourth-order valence-electron chi connectivity index (χ4n) is 1.27. The maximum Gasteiger partial charge on any atom is 0.174 e. The van der Waals surface area contributed by atoms with Crippen LogP contribution >= 0.6 is 43.6 Å². The average Bonchev–Trinajstić information content (AvgIpc) is 2.49. The van der Waals surface area contributed by atoms with Crippen molar-refractivity contribution in [3.05, 3.63) is 43.6 Å². The molecule has 0 amide bonds. The predicted molar refractivity (Wildman–Crippen MR) is 85.7 cm³/mol. The Morgan fingerprint density at radius 1 is 1.47 bits per heavy atom. The molecule has 0 bridgehead atoms. The Morgan fingerprint density at radius 3 is 2.82 bits per heavy atom. The number of ether oxygens (including phenoxy) is 1. The van der Waals surface area contributed by atoms with Crippen LogP contribution < -0.4 is 0 Å². The highest BCUT2D eigenvalue weighted by atomic mass is 127. The summed E-state index contributed by atoms with van der Waals surface area (Å²) in [7, 11) is 2.21. The second kappa shape index (κ2) is 7.39. The van der Waals surface area contributed by atoms with Crippen molar-refractivity contribution < 1.29 is 9.53 Å². The van der Waals surface area contributed by atoms with Crippen LogP contribution in [0.25, 0.3) is 0 Å². The van der Waals surface area contributed by atoms with Gasteiger partial charge in [0.1, 0.15) is 5.76 Å². The number of thioether (sulfide) groups is 1. The topological polar surface area (TPSA) is 26.3 Å². The number of carbonyl (C=O) groups excluding carboxylic acids is 1. The summed E-state index contributed by atoms with van der Waals surface area (Å²) in [6, 6.07) is 0. The lowest BCUT2D eigenvalue weighted by Gasteiger charge is -2.09. The van der Waals surface area contributed by atoms with Crippen LogP contribution in [0.5, 0.6) is 0 Å². The van der Waals surface area contributed by atoms with Gasteiger partial charge < -0.3 is 4.74 Å². The summed E-state index contributed by atoms with van der Waals surface area (Å²) in [6.07, 6.45) is 6.20. The SMILES string of the molecule is CC.O=C(P)C1=CC2=C(C=C(I)C1)SC=CO2. The molecule has 0 aromatic heterocycles. The van der Waals surface area contributed by atoms with Crippen LogP contribution in [0.1, 0.15) is 20.3 Å². The van der Waals surface area contributed by atoms with Crippen LogP contribution in [0.15, 0.2) is 43.6 Å². The summed E-state index contributed by atoms with van der Waals surface area (Å²) >= 11 is 3.86. The number of hydrogen-bond donors (Lipinski definition) is 0. The smallest absolute Gasteiger partial charge is 0.174 e. The van der Waals surface area contributed by atoms with Crippen LogP contribution in [0.2, 0.25) is 0 Å². The van der Waals surface area contributed by atoms with Crippen molar-refractivity contribution in [1.29, 1.82) is 0 Å². The molecule has 0 radical (unpaired) electrons. The van der Waals surface area contributed by atoms with Gasteiger partial charge in [-0.2, -0.15) is 0 Å². The first kappa shape index (κ1) is 15.0. The van der Waals surface area contributed by atoms with E-state index in [1.54, 1.807) is 18.0 Å². The van der Waals surface area contributed by atoms with E-state index in [0.717, 1.165) is 19.8 Å². The molecule has 0 fully saturated rings. The monoisotopic (exact) mass is 380 g/mol. The Balaban J connectivity index is 0.000000686. The third-order valence-electron chi connectivity index (χ3n) is 1.96. The van der Waals surface area contributed by atoms with E-state index in [0.29, 0.717) is 6.42 Å². The van der Waals surface area contributed by atoms with E-state index >= 15 is 0 Å². The Hall–Kier alpha value is -0.0600. The van der Waals surface area contributed by atoms with E-state index in [-0.39, 0.29) is 5.52 Å². The first-order chi connectivity index (χ1) is 8.16. The highest BCUT2D eigenvalue weighted by Crippen LogP contribution is 2.36.